The normalized spacial score (nSPS) is 22.3. The van der Waals surface area contributed by atoms with E-state index < -0.39 is 24.3 Å². The van der Waals surface area contributed by atoms with E-state index in [9.17, 15) is 19.8 Å². The summed E-state index contributed by atoms with van der Waals surface area (Å²) in [5.74, 6) is 9.91. The van der Waals surface area contributed by atoms with Crippen molar-refractivity contribution in [2.75, 3.05) is 25.9 Å². The monoisotopic (exact) mass is 403 g/mol. The lowest BCUT2D eigenvalue weighted by atomic mass is 9.97. The van der Waals surface area contributed by atoms with Crippen LogP contribution in [0, 0.1) is 5.92 Å². The van der Waals surface area contributed by atoms with Crippen LogP contribution in [0.1, 0.15) is 13.8 Å². The van der Waals surface area contributed by atoms with Crippen molar-refractivity contribution in [1.82, 2.24) is 20.5 Å². The molecule has 0 spiro atoms. The average Bonchev–Trinajstić information content (AvgIpc) is 2.87. The van der Waals surface area contributed by atoms with Gasteiger partial charge in [0.2, 0.25) is 6.41 Å². The van der Waals surface area contributed by atoms with E-state index in [1.807, 2.05) is 14.0 Å². The lowest BCUT2D eigenvalue weighted by molar-refractivity contribution is -0.137. The van der Waals surface area contributed by atoms with Crippen molar-refractivity contribution >= 4 is 30.5 Å². The van der Waals surface area contributed by atoms with Crippen LogP contribution in [-0.4, -0.2) is 83.0 Å². The Morgan fingerprint density at radius 2 is 2.22 bits per heavy atom. The molecule has 0 saturated heterocycles. The van der Waals surface area contributed by atoms with Crippen LogP contribution < -0.4 is 22.3 Å². The fourth-order valence-electron chi connectivity index (χ4n) is 3.15. The zero-order valence-electron chi connectivity index (χ0n) is 15.7. The van der Waals surface area contributed by atoms with Gasteiger partial charge in [-0.1, -0.05) is 6.92 Å². The van der Waals surface area contributed by atoms with Crippen molar-refractivity contribution in [3.8, 4) is 0 Å². The number of aliphatic carboxylic acids is 1. The first-order valence-corrected chi connectivity index (χ1v) is 9.44. The van der Waals surface area contributed by atoms with Gasteiger partial charge in [0.15, 0.2) is 0 Å². The molecular formula is C15H29N7O4S. The topological polar surface area (TPSA) is 170 Å². The number of thioether (sulfide) groups is 1. The molecule has 1 heterocycles. The van der Waals surface area contributed by atoms with E-state index in [1.165, 1.54) is 16.7 Å². The summed E-state index contributed by atoms with van der Waals surface area (Å²) < 4.78 is 0. The number of carboxylic acids is 1. The Balaban J connectivity index is 2.93. The average molecular weight is 404 g/mol. The Bertz CT molecular complexity index is 574. The second kappa shape index (κ2) is 11.1. The predicted octanol–water partition coefficient (Wildman–Crippen LogP) is -1.91. The molecule has 0 saturated carbocycles. The Hall–Kier alpha value is -1.86. The van der Waals surface area contributed by atoms with Crippen LogP contribution >= 0.6 is 11.8 Å². The van der Waals surface area contributed by atoms with Crippen LogP contribution in [0.3, 0.4) is 0 Å². The summed E-state index contributed by atoms with van der Waals surface area (Å²) in [5, 5.41) is 30.1. The molecule has 4 atom stereocenters. The van der Waals surface area contributed by atoms with Gasteiger partial charge in [-0.3, -0.25) is 15.1 Å². The van der Waals surface area contributed by atoms with Crippen LogP contribution in [0.2, 0.25) is 0 Å². The fourth-order valence-corrected chi connectivity index (χ4v) is 4.41. The third kappa shape index (κ3) is 6.07. The van der Waals surface area contributed by atoms with Gasteiger partial charge in [-0.25, -0.2) is 10.6 Å². The van der Waals surface area contributed by atoms with Gasteiger partial charge in [0, 0.05) is 29.2 Å². The maximum absolute atomic E-state index is 11.8. The number of nitrogens with two attached hydrogens (primary N) is 2. The Morgan fingerprint density at radius 1 is 1.56 bits per heavy atom. The number of hydrazine groups is 1. The molecule has 0 aromatic heterocycles. The van der Waals surface area contributed by atoms with Gasteiger partial charge >= 0.3 is 5.97 Å². The highest BCUT2D eigenvalue weighted by molar-refractivity contribution is 8.03. The van der Waals surface area contributed by atoms with Gasteiger partial charge < -0.3 is 26.3 Å². The smallest absolute Gasteiger partial charge is 0.353 e. The van der Waals surface area contributed by atoms with Gasteiger partial charge in [0.05, 0.1) is 12.6 Å². The molecule has 1 aliphatic rings. The molecule has 0 radical (unpaired) electrons. The zero-order valence-corrected chi connectivity index (χ0v) is 16.5. The molecule has 0 aromatic carbocycles. The van der Waals surface area contributed by atoms with Gasteiger partial charge in [0.1, 0.15) is 18.3 Å². The first-order chi connectivity index (χ1) is 12.8. The Kier molecular flexibility index (Phi) is 9.52. The van der Waals surface area contributed by atoms with E-state index in [-0.39, 0.29) is 18.2 Å². The largest absolute Gasteiger partial charge is 0.477 e. The summed E-state index contributed by atoms with van der Waals surface area (Å²) in [6, 6.07) is -0.866. The highest BCUT2D eigenvalue weighted by atomic mass is 32.2. The van der Waals surface area contributed by atoms with Gasteiger partial charge in [-0.05, 0) is 14.0 Å². The van der Waals surface area contributed by atoms with E-state index in [0.29, 0.717) is 23.6 Å². The number of carbonyl (C=O) groups is 2. The number of amides is 1. The van der Waals surface area contributed by atoms with Crippen molar-refractivity contribution in [1.29, 1.82) is 0 Å². The molecule has 27 heavy (non-hydrogen) atoms. The number of carbonyl (C=O) groups excluding carboxylic acids is 1. The number of aliphatic hydroxyl groups is 1. The number of rotatable bonds is 12. The number of nitrogens with one attached hydrogen (secondary N) is 2. The van der Waals surface area contributed by atoms with Crippen molar-refractivity contribution in [2.24, 2.45) is 22.7 Å². The second-order valence-electron chi connectivity index (χ2n) is 6.19. The van der Waals surface area contributed by atoms with E-state index in [2.05, 4.69) is 15.7 Å². The number of carboxylic acid groups (broad SMARTS) is 1. The van der Waals surface area contributed by atoms with Gasteiger partial charge in [-0.2, -0.15) is 5.10 Å². The first kappa shape index (κ1) is 23.2. The fraction of sp³-hybridized carbons (Fsp3) is 0.667. The minimum atomic E-state index is -1.15. The van der Waals surface area contributed by atoms with Crippen LogP contribution in [0.4, 0.5) is 0 Å². The van der Waals surface area contributed by atoms with Crippen molar-refractivity contribution in [2.45, 2.75) is 32.2 Å². The van der Waals surface area contributed by atoms with Crippen molar-refractivity contribution < 1.29 is 19.8 Å². The zero-order chi connectivity index (χ0) is 20.6. The third-order valence-electron chi connectivity index (χ3n) is 4.23. The maximum Gasteiger partial charge on any atom is 0.353 e. The number of nitrogens with zero attached hydrogens (tertiary/aromatic N) is 3. The number of aliphatic hydroxyl groups excluding tert-OH is 1. The summed E-state index contributed by atoms with van der Waals surface area (Å²) in [7, 11) is 1.81. The predicted molar refractivity (Wildman–Crippen MR) is 104 cm³/mol. The van der Waals surface area contributed by atoms with Crippen LogP contribution in [0.25, 0.3) is 0 Å². The maximum atomic E-state index is 11.8. The molecular weight excluding hydrogens is 374 g/mol. The molecule has 1 aliphatic heterocycles. The Morgan fingerprint density at radius 3 is 2.74 bits per heavy atom. The number of hydrogen-bond acceptors (Lipinski definition) is 9. The molecule has 0 aliphatic carbocycles. The quantitative estimate of drug-likeness (QED) is 0.0411. The van der Waals surface area contributed by atoms with E-state index in [4.69, 9.17) is 11.7 Å². The van der Waals surface area contributed by atoms with Crippen LogP contribution in [-0.2, 0) is 9.59 Å². The molecule has 8 N–H and O–H groups in total. The minimum Gasteiger partial charge on any atom is -0.477 e. The summed E-state index contributed by atoms with van der Waals surface area (Å²) in [4.78, 5) is 25.3. The molecule has 154 valence electrons. The standard InChI is InChI=1S/C15H29N7O4S/c1-9-12(10(2)20-11(24)6-21(17)7-19-16)22(8-23)13(15(25)26)14(9)27-5-4-18-3/h7-12,18,20,24H,4-6,16-17H2,1-3H3,(H,25,26)/b19-7-/t9-,10-,11+,12-/m1/s1. The molecule has 0 aromatic rings. The first-order valence-electron chi connectivity index (χ1n) is 8.45. The summed E-state index contributed by atoms with van der Waals surface area (Å²) >= 11 is 1.42. The molecule has 1 amide bonds. The van der Waals surface area contributed by atoms with Gasteiger partial charge in [-0.15, -0.1) is 11.8 Å². The molecule has 0 fully saturated rings. The third-order valence-corrected chi connectivity index (χ3v) is 5.52. The SMILES string of the molecule is CNCCSC1=C(C(=O)O)N(C=O)[C@@H]([C@@H](C)N[C@@H](O)CN(N)/C=N\N)[C@H]1C. The van der Waals surface area contributed by atoms with Gasteiger partial charge in [0.25, 0.3) is 0 Å². The summed E-state index contributed by atoms with van der Waals surface area (Å²) in [6.07, 6.45) is 0.654. The van der Waals surface area contributed by atoms with E-state index in [1.54, 1.807) is 6.92 Å². The molecule has 0 bridgehead atoms. The lowest BCUT2D eigenvalue weighted by Gasteiger charge is -2.33. The highest BCUT2D eigenvalue weighted by Gasteiger charge is 2.44. The lowest BCUT2D eigenvalue weighted by Crippen LogP contribution is -2.54. The van der Waals surface area contributed by atoms with Crippen molar-refractivity contribution in [3.63, 3.8) is 0 Å². The van der Waals surface area contributed by atoms with Crippen LogP contribution in [0.15, 0.2) is 15.7 Å². The summed E-state index contributed by atoms with van der Waals surface area (Å²) in [6.45, 7) is 4.37. The molecule has 11 nitrogen and oxygen atoms in total. The minimum absolute atomic E-state index is 0.0101. The van der Waals surface area contributed by atoms with Crippen molar-refractivity contribution in [3.05, 3.63) is 10.6 Å². The molecule has 1 rings (SSSR count). The highest BCUT2D eigenvalue weighted by Crippen LogP contribution is 2.41. The molecule has 0 unspecified atom stereocenters. The number of hydrazone groups is 1. The Labute approximate surface area is 162 Å². The molecule has 12 heteroatoms. The summed E-state index contributed by atoms with van der Waals surface area (Å²) in [5.41, 5.74) is -0.0116. The van der Waals surface area contributed by atoms with E-state index >= 15 is 0 Å². The van der Waals surface area contributed by atoms with Crippen LogP contribution in [0.5, 0.6) is 0 Å². The number of hydrogen-bond donors (Lipinski definition) is 6. The van der Waals surface area contributed by atoms with E-state index in [0.717, 1.165) is 11.3 Å². The second-order valence-corrected chi connectivity index (χ2v) is 7.33.